The first-order valence-corrected chi connectivity index (χ1v) is 6.31. The largest absolute Gasteiger partial charge is 0.387 e. The van der Waals surface area contributed by atoms with Crippen molar-refractivity contribution in [2.75, 3.05) is 20.2 Å². The van der Waals surface area contributed by atoms with Gasteiger partial charge >= 0.3 is 0 Å². The SMILES string of the molecule is COC(CN)CC(=O)NCC(O)c1ccsc1.Cl. The molecule has 7 heteroatoms. The summed E-state index contributed by atoms with van der Waals surface area (Å²) in [7, 11) is 1.52. The maximum absolute atomic E-state index is 11.5. The van der Waals surface area contributed by atoms with E-state index in [1.807, 2.05) is 16.8 Å². The van der Waals surface area contributed by atoms with E-state index in [9.17, 15) is 9.90 Å². The Labute approximate surface area is 117 Å². The summed E-state index contributed by atoms with van der Waals surface area (Å²) in [5, 5.41) is 16.1. The van der Waals surface area contributed by atoms with Crippen molar-refractivity contribution in [1.82, 2.24) is 5.32 Å². The predicted octanol–water partition coefficient (Wildman–Crippen LogP) is 0.683. The normalized spacial score (nSPS) is 13.5. The topological polar surface area (TPSA) is 84.6 Å². The van der Waals surface area contributed by atoms with Crippen LogP contribution in [-0.2, 0) is 9.53 Å². The number of halogens is 1. The lowest BCUT2D eigenvalue weighted by Crippen LogP contribution is -2.34. The molecule has 0 aliphatic rings. The van der Waals surface area contributed by atoms with E-state index in [1.54, 1.807) is 0 Å². The Morgan fingerprint density at radius 1 is 1.67 bits per heavy atom. The highest BCUT2D eigenvalue weighted by atomic mass is 35.5. The molecule has 5 nitrogen and oxygen atoms in total. The molecule has 0 radical (unpaired) electrons. The third kappa shape index (κ3) is 5.79. The van der Waals surface area contributed by atoms with Crippen molar-refractivity contribution in [3.63, 3.8) is 0 Å². The van der Waals surface area contributed by atoms with Crippen LogP contribution in [0.2, 0.25) is 0 Å². The molecule has 2 unspecified atom stereocenters. The standard InChI is InChI=1S/C11H18N2O3S.ClH/c1-16-9(5-12)4-11(15)13-6-10(14)8-2-3-17-7-8;/h2-3,7,9-10,14H,4-6,12H2,1H3,(H,13,15);1H. The molecule has 2 atom stereocenters. The number of hydrogen-bond acceptors (Lipinski definition) is 5. The maximum Gasteiger partial charge on any atom is 0.222 e. The van der Waals surface area contributed by atoms with Gasteiger partial charge in [-0.1, -0.05) is 0 Å². The first-order valence-electron chi connectivity index (χ1n) is 5.37. The molecule has 1 amide bonds. The van der Waals surface area contributed by atoms with Crippen molar-refractivity contribution < 1.29 is 14.6 Å². The van der Waals surface area contributed by atoms with Crippen LogP contribution in [0.4, 0.5) is 0 Å². The Balaban J connectivity index is 0.00000289. The van der Waals surface area contributed by atoms with E-state index in [-0.39, 0.29) is 37.4 Å². The fourth-order valence-electron chi connectivity index (χ4n) is 1.33. The van der Waals surface area contributed by atoms with Crippen LogP contribution in [0.5, 0.6) is 0 Å². The molecule has 4 N–H and O–H groups in total. The van der Waals surface area contributed by atoms with Crippen LogP contribution in [0.3, 0.4) is 0 Å². The zero-order valence-electron chi connectivity index (χ0n) is 10.2. The third-order valence-electron chi connectivity index (χ3n) is 2.43. The number of methoxy groups -OCH3 is 1. The Bertz CT molecular complexity index is 331. The van der Waals surface area contributed by atoms with Crippen LogP contribution in [0.25, 0.3) is 0 Å². The Hall–Kier alpha value is -0.660. The third-order valence-corrected chi connectivity index (χ3v) is 3.13. The fourth-order valence-corrected chi connectivity index (χ4v) is 2.04. The smallest absolute Gasteiger partial charge is 0.222 e. The van der Waals surface area contributed by atoms with E-state index >= 15 is 0 Å². The summed E-state index contributed by atoms with van der Waals surface area (Å²) < 4.78 is 5.00. The van der Waals surface area contributed by atoms with Crippen LogP contribution < -0.4 is 11.1 Å². The highest BCUT2D eigenvalue weighted by Gasteiger charge is 2.13. The molecule has 0 saturated carbocycles. The molecular formula is C11H19ClN2O3S. The van der Waals surface area contributed by atoms with Crippen molar-refractivity contribution in [2.24, 2.45) is 5.73 Å². The number of thiophene rings is 1. The maximum atomic E-state index is 11.5. The summed E-state index contributed by atoms with van der Waals surface area (Å²) >= 11 is 1.51. The number of nitrogens with two attached hydrogens (primary N) is 1. The average Bonchev–Trinajstić information content (AvgIpc) is 2.86. The van der Waals surface area contributed by atoms with Gasteiger partial charge in [-0.3, -0.25) is 4.79 Å². The van der Waals surface area contributed by atoms with Gasteiger partial charge in [0.1, 0.15) is 0 Å². The van der Waals surface area contributed by atoms with Gasteiger partial charge in [-0.15, -0.1) is 12.4 Å². The quantitative estimate of drug-likeness (QED) is 0.690. The molecule has 18 heavy (non-hydrogen) atoms. The zero-order valence-corrected chi connectivity index (χ0v) is 11.8. The van der Waals surface area contributed by atoms with E-state index < -0.39 is 6.10 Å². The summed E-state index contributed by atoms with van der Waals surface area (Å²) in [5.41, 5.74) is 6.23. The molecule has 0 fully saturated rings. The van der Waals surface area contributed by atoms with Gasteiger partial charge in [-0.05, 0) is 22.4 Å². The summed E-state index contributed by atoms with van der Waals surface area (Å²) in [5.74, 6) is -0.170. The summed E-state index contributed by atoms with van der Waals surface area (Å²) in [4.78, 5) is 11.5. The van der Waals surface area contributed by atoms with Gasteiger partial charge in [-0.2, -0.15) is 11.3 Å². The Morgan fingerprint density at radius 3 is 2.89 bits per heavy atom. The average molecular weight is 295 g/mol. The van der Waals surface area contributed by atoms with Gasteiger partial charge in [0.15, 0.2) is 0 Å². The zero-order chi connectivity index (χ0) is 12.7. The highest BCUT2D eigenvalue weighted by Crippen LogP contribution is 2.15. The summed E-state index contributed by atoms with van der Waals surface area (Å²) in [6, 6.07) is 1.83. The second-order valence-corrected chi connectivity index (χ2v) is 4.45. The molecule has 0 aromatic carbocycles. The molecule has 0 bridgehead atoms. The van der Waals surface area contributed by atoms with Crippen LogP contribution in [0.1, 0.15) is 18.1 Å². The monoisotopic (exact) mass is 294 g/mol. The van der Waals surface area contributed by atoms with E-state index in [2.05, 4.69) is 5.32 Å². The lowest BCUT2D eigenvalue weighted by atomic mass is 10.2. The molecule has 0 aliphatic carbocycles. The van der Waals surface area contributed by atoms with Gasteiger partial charge in [-0.25, -0.2) is 0 Å². The van der Waals surface area contributed by atoms with Gasteiger partial charge < -0.3 is 20.9 Å². The minimum Gasteiger partial charge on any atom is -0.387 e. The number of ether oxygens (including phenoxy) is 1. The van der Waals surface area contributed by atoms with Gasteiger partial charge in [0, 0.05) is 20.2 Å². The first kappa shape index (κ1) is 17.3. The molecule has 104 valence electrons. The lowest BCUT2D eigenvalue weighted by molar-refractivity contribution is -0.123. The number of nitrogens with one attached hydrogen (secondary N) is 1. The second-order valence-electron chi connectivity index (χ2n) is 3.67. The number of carbonyl (C=O) groups excluding carboxylic acids is 1. The number of aliphatic hydroxyl groups excluding tert-OH is 1. The van der Waals surface area contributed by atoms with Crippen molar-refractivity contribution >= 4 is 29.7 Å². The van der Waals surface area contributed by atoms with E-state index in [0.717, 1.165) is 5.56 Å². The van der Waals surface area contributed by atoms with Crippen molar-refractivity contribution in [1.29, 1.82) is 0 Å². The van der Waals surface area contributed by atoms with Crippen molar-refractivity contribution in [2.45, 2.75) is 18.6 Å². The molecule has 1 aromatic rings. The molecular weight excluding hydrogens is 276 g/mol. The van der Waals surface area contributed by atoms with Crippen LogP contribution in [0.15, 0.2) is 16.8 Å². The highest BCUT2D eigenvalue weighted by molar-refractivity contribution is 7.07. The second kappa shape index (κ2) is 9.29. The summed E-state index contributed by atoms with van der Waals surface area (Å²) in [6.45, 7) is 0.508. The van der Waals surface area contributed by atoms with Gasteiger partial charge in [0.25, 0.3) is 0 Å². The molecule has 1 rings (SSSR count). The lowest BCUT2D eigenvalue weighted by Gasteiger charge is -2.14. The van der Waals surface area contributed by atoms with E-state index in [1.165, 1.54) is 18.4 Å². The molecule has 1 heterocycles. The Morgan fingerprint density at radius 2 is 2.39 bits per heavy atom. The van der Waals surface area contributed by atoms with E-state index in [0.29, 0.717) is 6.54 Å². The van der Waals surface area contributed by atoms with Crippen molar-refractivity contribution in [3.05, 3.63) is 22.4 Å². The summed E-state index contributed by atoms with van der Waals surface area (Å²) in [6.07, 6.45) is -0.721. The predicted molar refractivity (Wildman–Crippen MR) is 74.0 cm³/mol. The number of rotatable bonds is 7. The molecule has 0 spiro atoms. The number of hydrogen-bond donors (Lipinski definition) is 3. The van der Waals surface area contributed by atoms with Gasteiger partial charge in [0.2, 0.25) is 5.91 Å². The van der Waals surface area contributed by atoms with Crippen molar-refractivity contribution in [3.8, 4) is 0 Å². The number of aliphatic hydroxyl groups is 1. The first-order chi connectivity index (χ1) is 8.17. The minimum atomic E-state index is -0.663. The molecule has 0 saturated heterocycles. The van der Waals surface area contributed by atoms with Crippen LogP contribution >= 0.6 is 23.7 Å². The van der Waals surface area contributed by atoms with E-state index in [4.69, 9.17) is 10.5 Å². The molecule has 1 aromatic heterocycles. The van der Waals surface area contributed by atoms with Gasteiger partial charge in [0.05, 0.1) is 18.6 Å². The van der Waals surface area contributed by atoms with Crippen LogP contribution in [0, 0.1) is 0 Å². The van der Waals surface area contributed by atoms with Crippen LogP contribution in [-0.4, -0.2) is 37.3 Å². The fraction of sp³-hybridized carbons (Fsp3) is 0.545. The number of carbonyl (C=O) groups is 1. The molecule has 0 aliphatic heterocycles. The minimum absolute atomic E-state index is 0. The Kier molecular flexibility index (Phi) is 8.95. The number of amides is 1.